The molecule has 0 radical (unpaired) electrons. The molecule has 0 saturated carbocycles. The molecular formula is C27H23ClN6O2. The molecule has 0 aliphatic rings. The molecule has 5 rings (SSSR count). The highest BCUT2D eigenvalue weighted by Crippen LogP contribution is 2.31. The SMILES string of the molecule is COc1ccccc1Cn1nnnc1-c1ccccc1-c1ccc(Cn2c(C)nc(Cl)c2C=O)cc1. The van der Waals surface area contributed by atoms with Crippen LogP contribution in [-0.2, 0) is 13.1 Å². The number of nitrogens with zero attached hydrogens (tertiary/aromatic N) is 6. The van der Waals surface area contributed by atoms with Crippen LogP contribution in [0.1, 0.15) is 27.4 Å². The van der Waals surface area contributed by atoms with Crippen molar-refractivity contribution in [1.82, 2.24) is 29.8 Å². The molecule has 0 atom stereocenters. The van der Waals surface area contributed by atoms with E-state index in [1.165, 1.54) is 0 Å². The van der Waals surface area contributed by atoms with Crippen LogP contribution >= 0.6 is 11.6 Å². The fourth-order valence-electron chi connectivity index (χ4n) is 4.26. The van der Waals surface area contributed by atoms with E-state index < -0.39 is 0 Å². The van der Waals surface area contributed by atoms with Crippen molar-refractivity contribution < 1.29 is 9.53 Å². The zero-order valence-electron chi connectivity index (χ0n) is 19.8. The van der Waals surface area contributed by atoms with Gasteiger partial charge in [0.2, 0.25) is 0 Å². The van der Waals surface area contributed by atoms with E-state index in [0.717, 1.165) is 39.9 Å². The van der Waals surface area contributed by atoms with E-state index in [4.69, 9.17) is 16.3 Å². The summed E-state index contributed by atoms with van der Waals surface area (Å²) in [6.45, 7) is 2.81. The average Bonchev–Trinajstić information content (AvgIpc) is 3.47. The molecule has 180 valence electrons. The molecule has 3 aromatic carbocycles. The Kier molecular flexibility index (Phi) is 6.60. The Morgan fingerprint density at radius 3 is 2.42 bits per heavy atom. The second kappa shape index (κ2) is 10.1. The molecule has 0 bridgehead atoms. The Labute approximate surface area is 213 Å². The van der Waals surface area contributed by atoms with Crippen LogP contribution in [0.4, 0.5) is 0 Å². The number of para-hydroxylation sites is 1. The molecule has 36 heavy (non-hydrogen) atoms. The lowest BCUT2D eigenvalue weighted by molar-refractivity contribution is 0.111. The van der Waals surface area contributed by atoms with Crippen LogP contribution < -0.4 is 4.74 Å². The van der Waals surface area contributed by atoms with E-state index in [0.29, 0.717) is 30.4 Å². The zero-order valence-corrected chi connectivity index (χ0v) is 20.6. The van der Waals surface area contributed by atoms with Gasteiger partial charge in [0.1, 0.15) is 17.3 Å². The monoisotopic (exact) mass is 498 g/mol. The molecule has 0 amide bonds. The summed E-state index contributed by atoms with van der Waals surface area (Å²) in [5, 5.41) is 12.7. The third-order valence-electron chi connectivity index (χ3n) is 6.08. The summed E-state index contributed by atoms with van der Waals surface area (Å²) in [4.78, 5) is 15.6. The van der Waals surface area contributed by atoms with Crippen molar-refractivity contribution in [3.63, 3.8) is 0 Å². The molecule has 2 aromatic heterocycles. The maximum absolute atomic E-state index is 11.4. The fraction of sp³-hybridized carbons (Fsp3) is 0.148. The molecular weight excluding hydrogens is 476 g/mol. The summed E-state index contributed by atoms with van der Waals surface area (Å²) in [5.74, 6) is 2.15. The van der Waals surface area contributed by atoms with Crippen molar-refractivity contribution in [1.29, 1.82) is 0 Å². The topological polar surface area (TPSA) is 87.7 Å². The molecule has 0 saturated heterocycles. The van der Waals surface area contributed by atoms with Gasteiger partial charge in [0.25, 0.3) is 0 Å². The first kappa shape index (κ1) is 23.4. The van der Waals surface area contributed by atoms with Crippen LogP contribution in [0.5, 0.6) is 5.75 Å². The number of aryl methyl sites for hydroxylation is 1. The number of aldehydes is 1. The van der Waals surface area contributed by atoms with Crippen molar-refractivity contribution in [2.45, 2.75) is 20.0 Å². The highest BCUT2D eigenvalue weighted by atomic mass is 35.5. The summed E-state index contributed by atoms with van der Waals surface area (Å²) in [6, 6.07) is 24.0. The number of methoxy groups -OCH3 is 1. The molecule has 2 heterocycles. The number of tetrazole rings is 1. The summed E-state index contributed by atoms with van der Waals surface area (Å²) in [6.07, 6.45) is 0.738. The van der Waals surface area contributed by atoms with Gasteiger partial charge in [-0.15, -0.1) is 5.10 Å². The van der Waals surface area contributed by atoms with Crippen LogP contribution in [0.15, 0.2) is 72.8 Å². The van der Waals surface area contributed by atoms with E-state index in [1.54, 1.807) is 11.8 Å². The number of ether oxygens (including phenoxy) is 1. The number of carbonyl (C=O) groups is 1. The Morgan fingerprint density at radius 1 is 0.944 bits per heavy atom. The highest BCUT2D eigenvalue weighted by Gasteiger charge is 2.16. The van der Waals surface area contributed by atoms with Crippen molar-refractivity contribution in [3.8, 4) is 28.3 Å². The van der Waals surface area contributed by atoms with Crippen molar-refractivity contribution >= 4 is 17.9 Å². The second-order valence-corrected chi connectivity index (χ2v) is 8.61. The maximum atomic E-state index is 11.4. The van der Waals surface area contributed by atoms with E-state index in [1.807, 2.05) is 66.1 Å². The normalized spacial score (nSPS) is 11.0. The smallest absolute Gasteiger partial charge is 0.182 e. The van der Waals surface area contributed by atoms with Crippen LogP contribution in [-0.4, -0.2) is 43.2 Å². The molecule has 5 aromatic rings. The number of carbonyl (C=O) groups excluding carboxylic acids is 1. The summed E-state index contributed by atoms with van der Waals surface area (Å²) in [7, 11) is 1.65. The summed E-state index contributed by atoms with van der Waals surface area (Å²) in [5.41, 5.74) is 5.35. The average molecular weight is 499 g/mol. The number of rotatable bonds is 8. The maximum Gasteiger partial charge on any atom is 0.182 e. The van der Waals surface area contributed by atoms with E-state index in [-0.39, 0.29) is 5.15 Å². The van der Waals surface area contributed by atoms with Crippen LogP contribution in [0.2, 0.25) is 5.15 Å². The van der Waals surface area contributed by atoms with E-state index in [9.17, 15) is 4.79 Å². The molecule has 8 nitrogen and oxygen atoms in total. The van der Waals surface area contributed by atoms with Gasteiger partial charge in [-0.2, -0.15) is 0 Å². The predicted octanol–water partition coefficient (Wildman–Crippen LogP) is 5.08. The molecule has 0 aliphatic carbocycles. The summed E-state index contributed by atoms with van der Waals surface area (Å²) >= 11 is 6.08. The van der Waals surface area contributed by atoms with Gasteiger partial charge in [0, 0.05) is 17.7 Å². The fourth-order valence-corrected chi connectivity index (χ4v) is 4.53. The lowest BCUT2D eigenvalue weighted by Gasteiger charge is -2.13. The predicted molar refractivity (Wildman–Crippen MR) is 137 cm³/mol. The van der Waals surface area contributed by atoms with Crippen molar-refractivity contribution in [3.05, 3.63) is 101 Å². The van der Waals surface area contributed by atoms with Gasteiger partial charge in [0.05, 0.1) is 13.7 Å². The molecule has 0 aliphatic heterocycles. The van der Waals surface area contributed by atoms with Gasteiger partial charge >= 0.3 is 0 Å². The van der Waals surface area contributed by atoms with Gasteiger partial charge in [-0.25, -0.2) is 9.67 Å². The standard InChI is InChI=1S/C27H23ClN6O2/c1-18-29-26(28)24(17-35)33(18)15-19-11-13-20(14-12-19)22-8-4-5-9-23(22)27-30-31-32-34(27)16-21-7-3-6-10-25(21)36-2/h3-14,17H,15-16H2,1-2H3. The Balaban J connectivity index is 1.45. The van der Waals surface area contributed by atoms with E-state index >= 15 is 0 Å². The number of hydrogen-bond donors (Lipinski definition) is 0. The van der Waals surface area contributed by atoms with Crippen LogP contribution in [0.3, 0.4) is 0 Å². The quantitative estimate of drug-likeness (QED) is 0.277. The number of imidazole rings is 1. The Morgan fingerprint density at radius 2 is 1.67 bits per heavy atom. The van der Waals surface area contributed by atoms with Crippen molar-refractivity contribution in [2.24, 2.45) is 0 Å². The van der Waals surface area contributed by atoms with E-state index in [2.05, 4.69) is 38.7 Å². The zero-order chi connectivity index (χ0) is 25.1. The lowest BCUT2D eigenvalue weighted by atomic mass is 9.98. The minimum absolute atomic E-state index is 0.221. The second-order valence-electron chi connectivity index (χ2n) is 8.25. The first-order valence-corrected chi connectivity index (χ1v) is 11.7. The van der Waals surface area contributed by atoms with Crippen LogP contribution in [0.25, 0.3) is 22.5 Å². The minimum Gasteiger partial charge on any atom is -0.496 e. The molecule has 0 N–H and O–H groups in total. The number of aromatic nitrogens is 6. The van der Waals surface area contributed by atoms with Gasteiger partial charge in [0.15, 0.2) is 17.3 Å². The third kappa shape index (κ3) is 4.50. The van der Waals surface area contributed by atoms with Crippen LogP contribution in [0, 0.1) is 6.92 Å². The number of benzene rings is 3. The van der Waals surface area contributed by atoms with Crippen molar-refractivity contribution in [2.75, 3.05) is 7.11 Å². The molecule has 0 unspecified atom stereocenters. The first-order valence-electron chi connectivity index (χ1n) is 11.3. The molecule has 9 heteroatoms. The number of hydrogen-bond acceptors (Lipinski definition) is 6. The third-order valence-corrected chi connectivity index (χ3v) is 6.36. The lowest BCUT2D eigenvalue weighted by Crippen LogP contribution is -2.06. The Bertz CT molecular complexity index is 1520. The highest BCUT2D eigenvalue weighted by molar-refractivity contribution is 6.31. The van der Waals surface area contributed by atoms with Gasteiger partial charge in [-0.05, 0) is 40.1 Å². The Hall–Kier alpha value is -4.30. The molecule has 0 spiro atoms. The molecule has 0 fully saturated rings. The van der Waals surface area contributed by atoms with Gasteiger partial charge in [-0.3, -0.25) is 4.79 Å². The number of halogens is 1. The summed E-state index contributed by atoms with van der Waals surface area (Å²) < 4.78 is 9.08. The minimum atomic E-state index is 0.221. The first-order chi connectivity index (χ1) is 17.6. The van der Waals surface area contributed by atoms with Gasteiger partial charge in [-0.1, -0.05) is 78.3 Å². The largest absolute Gasteiger partial charge is 0.496 e. The van der Waals surface area contributed by atoms with Gasteiger partial charge < -0.3 is 9.30 Å².